The molecule has 0 amide bonds. The maximum absolute atomic E-state index is 11.7. The van der Waals surface area contributed by atoms with Crippen molar-refractivity contribution < 1.29 is 13.3 Å². The fraction of sp³-hybridized carbons (Fsp3) is 0.600. The van der Waals surface area contributed by atoms with Gasteiger partial charge in [0, 0.05) is 24.1 Å². The monoisotopic (exact) mass is 328 g/mol. The number of nitro benzene ring substituents is 1. The number of hydrogen-bond donors (Lipinski definition) is 1. The lowest BCUT2D eigenvalue weighted by Crippen LogP contribution is -2.18. The molecule has 0 saturated carbocycles. The van der Waals surface area contributed by atoms with Crippen LogP contribution in [0.2, 0.25) is 0 Å². The average Bonchev–Trinajstić information content (AvgIpc) is 2.34. The van der Waals surface area contributed by atoms with Crippen LogP contribution in [-0.4, -0.2) is 25.6 Å². The van der Waals surface area contributed by atoms with Crippen LogP contribution in [0.5, 0.6) is 0 Å². The molecule has 0 radical (unpaired) electrons. The highest BCUT2D eigenvalue weighted by atomic mass is 32.2. The molecule has 0 heterocycles. The van der Waals surface area contributed by atoms with Crippen LogP contribution < -0.4 is 5.32 Å². The van der Waals surface area contributed by atoms with Crippen molar-refractivity contribution in [1.29, 1.82) is 0 Å². The van der Waals surface area contributed by atoms with Gasteiger partial charge in [0.05, 0.1) is 4.92 Å². The highest BCUT2D eigenvalue weighted by Crippen LogP contribution is 2.28. The highest BCUT2D eigenvalue weighted by Gasteiger charge is 2.23. The molecule has 0 saturated heterocycles. The molecule has 1 unspecified atom stereocenters. The molecular weight excluding hydrogens is 304 g/mol. The Morgan fingerprint density at radius 1 is 1.32 bits per heavy atom. The number of anilines is 1. The molecule has 124 valence electrons. The largest absolute Gasteiger partial charge is 0.383 e. The second-order valence-corrected chi connectivity index (χ2v) is 8.84. The van der Waals surface area contributed by atoms with Gasteiger partial charge in [-0.2, -0.15) is 0 Å². The average molecular weight is 328 g/mol. The van der Waals surface area contributed by atoms with Gasteiger partial charge in [-0.25, -0.2) is 8.42 Å². The molecule has 0 fully saturated rings. The minimum atomic E-state index is -3.65. The Bertz CT molecular complexity index is 648. The van der Waals surface area contributed by atoms with Gasteiger partial charge in [-0.3, -0.25) is 10.1 Å². The number of nitrogens with zero attached hydrogens (tertiary/aromatic N) is 1. The number of sulfone groups is 1. The summed E-state index contributed by atoms with van der Waals surface area (Å²) in [5, 5.41) is 14.1. The van der Waals surface area contributed by atoms with E-state index in [0.29, 0.717) is 5.69 Å². The molecule has 0 spiro atoms. The van der Waals surface area contributed by atoms with Crippen LogP contribution in [-0.2, 0) is 9.84 Å². The lowest BCUT2D eigenvalue weighted by molar-refractivity contribution is -0.387. The molecule has 1 N–H and O–H groups in total. The summed E-state index contributed by atoms with van der Waals surface area (Å²) in [6.45, 7) is 8.49. The molecule has 22 heavy (non-hydrogen) atoms. The Balaban J connectivity index is 2.96. The summed E-state index contributed by atoms with van der Waals surface area (Å²) in [5.74, 6) is 0. The van der Waals surface area contributed by atoms with Crippen molar-refractivity contribution in [2.45, 2.75) is 51.5 Å². The van der Waals surface area contributed by atoms with Crippen molar-refractivity contribution in [2.24, 2.45) is 5.41 Å². The van der Waals surface area contributed by atoms with Crippen LogP contribution >= 0.6 is 0 Å². The van der Waals surface area contributed by atoms with Crippen LogP contribution in [0.15, 0.2) is 23.1 Å². The molecule has 7 heteroatoms. The summed E-state index contributed by atoms with van der Waals surface area (Å²) in [4.78, 5) is 10.00. The van der Waals surface area contributed by atoms with E-state index >= 15 is 0 Å². The van der Waals surface area contributed by atoms with Gasteiger partial charge in [-0.05, 0) is 37.3 Å². The first-order valence-corrected chi connectivity index (χ1v) is 9.04. The predicted octanol–water partition coefficient (Wildman–Crippen LogP) is 3.63. The predicted molar refractivity (Wildman–Crippen MR) is 88.0 cm³/mol. The summed E-state index contributed by atoms with van der Waals surface area (Å²) >= 11 is 0. The molecular formula is C15H24N2O4S. The van der Waals surface area contributed by atoms with Crippen molar-refractivity contribution in [3.8, 4) is 0 Å². The standard InChI is InChI=1S/C15H24N2O4S/c1-11(8-9-15(2,3)4)16-12-6-7-13(17(18)19)14(10-12)22(5,20)21/h6-7,10-11,16H,8-9H2,1-5H3. The Morgan fingerprint density at radius 3 is 2.36 bits per heavy atom. The van der Waals surface area contributed by atoms with E-state index < -0.39 is 20.4 Å². The van der Waals surface area contributed by atoms with E-state index in [4.69, 9.17) is 0 Å². The zero-order valence-corrected chi connectivity index (χ0v) is 14.5. The van der Waals surface area contributed by atoms with Crippen LogP contribution in [0, 0.1) is 15.5 Å². The zero-order valence-electron chi connectivity index (χ0n) is 13.7. The van der Waals surface area contributed by atoms with E-state index in [1.54, 1.807) is 6.07 Å². The molecule has 0 aliphatic heterocycles. The third kappa shape index (κ3) is 5.63. The Kier molecular flexibility index (Phi) is 5.56. The van der Waals surface area contributed by atoms with E-state index in [1.807, 2.05) is 6.92 Å². The van der Waals surface area contributed by atoms with E-state index in [2.05, 4.69) is 26.1 Å². The maximum Gasteiger partial charge on any atom is 0.288 e. The maximum atomic E-state index is 11.7. The molecule has 0 aliphatic carbocycles. The molecule has 6 nitrogen and oxygen atoms in total. The summed E-state index contributed by atoms with van der Waals surface area (Å²) in [7, 11) is -3.65. The SMILES string of the molecule is CC(CCC(C)(C)C)Nc1ccc([N+](=O)[O-])c(S(C)(=O)=O)c1. The highest BCUT2D eigenvalue weighted by molar-refractivity contribution is 7.90. The van der Waals surface area contributed by atoms with Gasteiger partial charge in [0.2, 0.25) is 0 Å². The van der Waals surface area contributed by atoms with Crippen molar-refractivity contribution in [3.05, 3.63) is 28.3 Å². The summed E-state index contributed by atoms with van der Waals surface area (Å²) in [5.41, 5.74) is 0.409. The summed E-state index contributed by atoms with van der Waals surface area (Å²) in [6, 6.07) is 4.25. The Labute approximate surface area is 132 Å². The lowest BCUT2D eigenvalue weighted by atomic mass is 9.89. The first-order chi connectivity index (χ1) is 9.90. The number of benzene rings is 1. The normalized spacial score (nSPS) is 13.7. The smallest absolute Gasteiger partial charge is 0.288 e. The van der Waals surface area contributed by atoms with Crippen LogP contribution in [0.3, 0.4) is 0 Å². The van der Waals surface area contributed by atoms with Crippen molar-refractivity contribution >= 4 is 21.2 Å². The quantitative estimate of drug-likeness (QED) is 0.636. The van der Waals surface area contributed by atoms with Crippen LogP contribution in [0.25, 0.3) is 0 Å². The van der Waals surface area contributed by atoms with E-state index in [0.717, 1.165) is 19.1 Å². The third-order valence-electron chi connectivity index (χ3n) is 3.30. The van der Waals surface area contributed by atoms with Gasteiger partial charge in [0.1, 0.15) is 4.90 Å². The number of rotatable bonds is 6. The summed E-state index contributed by atoms with van der Waals surface area (Å²) in [6.07, 6.45) is 2.92. The van der Waals surface area contributed by atoms with Gasteiger partial charge in [-0.15, -0.1) is 0 Å². The van der Waals surface area contributed by atoms with Gasteiger partial charge >= 0.3 is 0 Å². The molecule has 0 aliphatic rings. The molecule has 1 aromatic carbocycles. The fourth-order valence-corrected chi connectivity index (χ4v) is 2.92. The van der Waals surface area contributed by atoms with Gasteiger partial charge in [0.25, 0.3) is 5.69 Å². The van der Waals surface area contributed by atoms with Gasteiger partial charge < -0.3 is 5.32 Å². The zero-order chi connectivity index (χ0) is 17.1. The summed E-state index contributed by atoms with van der Waals surface area (Å²) < 4.78 is 23.4. The van der Waals surface area contributed by atoms with E-state index in [1.165, 1.54) is 12.1 Å². The van der Waals surface area contributed by atoms with Crippen molar-refractivity contribution in [2.75, 3.05) is 11.6 Å². The molecule has 1 rings (SSSR count). The second-order valence-electron chi connectivity index (χ2n) is 6.86. The number of hydrogen-bond acceptors (Lipinski definition) is 5. The lowest BCUT2D eigenvalue weighted by Gasteiger charge is -2.22. The molecule has 0 bridgehead atoms. The molecule has 1 atom stereocenters. The topological polar surface area (TPSA) is 89.3 Å². The third-order valence-corrected chi connectivity index (χ3v) is 4.42. The molecule has 1 aromatic rings. The minimum absolute atomic E-state index is 0.146. The van der Waals surface area contributed by atoms with E-state index in [9.17, 15) is 18.5 Å². The fourth-order valence-electron chi connectivity index (χ4n) is 2.06. The second kappa shape index (κ2) is 6.64. The van der Waals surface area contributed by atoms with Crippen molar-refractivity contribution in [3.63, 3.8) is 0 Å². The Hall–Kier alpha value is -1.63. The Morgan fingerprint density at radius 2 is 1.91 bits per heavy atom. The number of nitrogens with one attached hydrogen (secondary N) is 1. The van der Waals surface area contributed by atoms with E-state index in [-0.39, 0.29) is 16.4 Å². The van der Waals surface area contributed by atoms with Crippen molar-refractivity contribution in [1.82, 2.24) is 0 Å². The van der Waals surface area contributed by atoms with Gasteiger partial charge in [-0.1, -0.05) is 20.8 Å². The first-order valence-electron chi connectivity index (χ1n) is 7.15. The first kappa shape index (κ1) is 18.4. The van der Waals surface area contributed by atoms with Crippen LogP contribution in [0.4, 0.5) is 11.4 Å². The molecule has 0 aromatic heterocycles. The number of nitro groups is 1. The van der Waals surface area contributed by atoms with Gasteiger partial charge in [0.15, 0.2) is 9.84 Å². The minimum Gasteiger partial charge on any atom is -0.383 e. The van der Waals surface area contributed by atoms with Crippen LogP contribution in [0.1, 0.15) is 40.5 Å².